The molecule has 0 aromatic heterocycles. The van der Waals surface area contributed by atoms with Crippen LogP contribution in [0, 0.1) is 20.2 Å². The van der Waals surface area contributed by atoms with E-state index in [1.165, 1.54) is 41.5 Å². The standard InChI is InChI=1S/C26H23N3O6.C11H13N3O4/c30-25(31)22-15-17(9-10-24(22)29(33)34)27-11-13-28(14-12-27)26(32)35-16-23-20-7-3-1-5-18(20)19-6-2-4-8-21(19)23;15-11(16)9-7-8(1-2-10(9)14(17)18)13-5-3-12-4-6-13/h1-10,15,23H,11-14,16H2,(H,30,31);1-2,7,12H,3-6H2,(H,15,16). The number of nitrogens with zero attached hydrogens (tertiary/aromatic N) is 5. The molecule has 2 saturated heterocycles. The first-order chi connectivity index (χ1) is 25.5. The Hall–Kier alpha value is -6.55. The highest BCUT2D eigenvalue weighted by atomic mass is 16.6. The fraction of sp³-hybridized carbons (Fsp3) is 0.270. The van der Waals surface area contributed by atoms with Crippen molar-refractivity contribution in [1.82, 2.24) is 10.2 Å². The number of fused-ring (bicyclic) bond motifs is 3. The van der Waals surface area contributed by atoms with Crippen molar-refractivity contribution in [2.24, 2.45) is 0 Å². The molecule has 0 saturated carbocycles. The number of hydrogen-bond acceptors (Lipinski definition) is 11. The largest absolute Gasteiger partial charge is 0.477 e. The van der Waals surface area contributed by atoms with E-state index < -0.39 is 27.5 Å². The molecule has 274 valence electrons. The summed E-state index contributed by atoms with van der Waals surface area (Å²) in [7, 11) is 0. The minimum atomic E-state index is -1.35. The minimum absolute atomic E-state index is 0.0119. The molecule has 3 aliphatic rings. The zero-order valence-corrected chi connectivity index (χ0v) is 28.4. The SMILES string of the molecule is O=C(O)c1cc(N2CCN(C(=O)OCC3c4ccccc4-c4ccccc43)CC2)ccc1[N+](=O)[O-].O=C(O)c1cc(N2CCNCC2)ccc1[N+](=O)[O-]. The van der Waals surface area contributed by atoms with E-state index in [-0.39, 0.29) is 35.4 Å². The van der Waals surface area contributed by atoms with Gasteiger partial charge in [-0.25, -0.2) is 14.4 Å². The predicted molar refractivity (Wildman–Crippen MR) is 194 cm³/mol. The van der Waals surface area contributed by atoms with Gasteiger partial charge in [0.05, 0.1) is 9.85 Å². The number of benzene rings is 4. The molecule has 16 nitrogen and oxygen atoms in total. The van der Waals surface area contributed by atoms with Gasteiger partial charge in [-0.1, -0.05) is 48.5 Å². The number of ether oxygens (including phenoxy) is 1. The summed E-state index contributed by atoms with van der Waals surface area (Å²) in [5, 5.41) is 43.3. The number of carbonyl (C=O) groups excluding carboxylic acids is 1. The van der Waals surface area contributed by atoms with Crippen molar-refractivity contribution in [3.8, 4) is 11.1 Å². The maximum atomic E-state index is 12.8. The Kier molecular flexibility index (Phi) is 10.8. The predicted octanol–water partition coefficient (Wildman–Crippen LogP) is 5.07. The summed E-state index contributed by atoms with van der Waals surface area (Å²) in [4.78, 5) is 61.3. The highest BCUT2D eigenvalue weighted by molar-refractivity contribution is 5.94. The van der Waals surface area contributed by atoms with Crippen LogP contribution in [0.5, 0.6) is 0 Å². The molecule has 0 unspecified atom stereocenters. The quantitative estimate of drug-likeness (QED) is 0.160. The molecule has 1 aliphatic carbocycles. The molecular formula is C37H36N6O10. The molecule has 53 heavy (non-hydrogen) atoms. The smallest absolute Gasteiger partial charge is 0.409 e. The number of carboxylic acids is 2. The number of nitrogens with one attached hydrogen (secondary N) is 1. The number of nitro groups is 2. The average molecular weight is 725 g/mol. The highest BCUT2D eigenvalue weighted by Crippen LogP contribution is 2.44. The second-order valence-electron chi connectivity index (χ2n) is 12.5. The Balaban J connectivity index is 0.000000225. The zero-order chi connectivity index (χ0) is 37.6. The lowest BCUT2D eigenvalue weighted by Gasteiger charge is -2.35. The van der Waals surface area contributed by atoms with E-state index in [1.54, 1.807) is 11.0 Å². The summed E-state index contributed by atoms with van der Waals surface area (Å²) < 4.78 is 5.73. The number of hydrogen-bond donors (Lipinski definition) is 3. The van der Waals surface area contributed by atoms with Gasteiger partial charge in [-0.2, -0.15) is 0 Å². The van der Waals surface area contributed by atoms with Gasteiger partial charge in [0, 0.05) is 81.8 Å². The van der Waals surface area contributed by atoms with Crippen LogP contribution in [0.4, 0.5) is 27.5 Å². The molecule has 0 spiro atoms. The van der Waals surface area contributed by atoms with E-state index in [0.717, 1.165) is 37.3 Å². The summed E-state index contributed by atoms with van der Waals surface area (Å²) in [6, 6.07) is 24.6. The Morgan fingerprint density at radius 3 is 1.58 bits per heavy atom. The van der Waals surface area contributed by atoms with Gasteiger partial charge in [-0.15, -0.1) is 0 Å². The van der Waals surface area contributed by atoms with Crippen molar-refractivity contribution in [2.45, 2.75) is 5.92 Å². The van der Waals surface area contributed by atoms with Crippen LogP contribution in [0.3, 0.4) is 0 Å². The van der Waals surface area contributed by atoms with Crippen LogP contribution in [-0.4, -0.2) is 102 Å². The van der Waals surface area contributed by atoms with Gasteiger partial charge in [-0.3, -0.25) is 20.2 Å². The summed E-state index contributed by atoms with van der Waals surface area (Å²) in [5.74, 6) is -2.64. The Bertz CT molecular complexity index is 2010. The monoisotopic (exact) mass is 724 g/mol. The molecule has 7 rings (SSSR count). The molecule has 2 fully saturated rings. The molecule has 0 radical (unpaired) electrons. The maximum absolute atomic E-state index is 12.8. The van der Waals surface area contributed by atoms with Crippen molar-refractivity contribution in [2.75, 3.05) is 68.8 Å². The summed E-state index contributed by atoms with van der Waals surface area (Å²) in [6.07, 6.45) is -0.388. The van der Waals surface area contributed by atoms with Gasteiger partial charge in [0.2, 0.25) is 0 Å². The summed E-state index contributed by atoms with van der Waals surface area (Å²) in [6.45, 7) is 5.12. The first kappa shape index (κ1) is 36.2. The fourth-order valence-electron chi connectivity index (χ4n) is 6.86. The second-order valence-corrected chi connectivity index (χ2v) is 12.5. The van der Waals surface area contributed by atoms with Crippen LogP contribution < -0.4 is 15.1 Å². The number of aromatic carboxylic acids is 2. The molecule has 2 heterocycles. The van der Waals surface area contributed by atoms with Gasteiger partial charge in [0.15, 0.2) is 0 Å². The van der Waals surface area contributed by atoms with Crippen LogP contribution in [0.25, 0.3) is 11.1 Å². The maximum Gasteiger partial charge on any atom is 0.409 e. The molecular weight excluding hydrogens is 688 g/mol. The average Bonchev–Trinajstić information content (AvgIpc) is 3.50. The van der Waals surface area contributed by atoms with E-state index in [9.17, 15) is 39.7 Å². The molecule has 16 heteroatoms. The van der Waals surface area contributed by atoms with Gasteiger partial charge in [0.25, 0.3) is 11.4 Å². The van der Waals surface area contributed by atoms with E-state index in [0.29, 0.717) is 37.6 Å². The lowest BCUT2D eigenvalue weighted by atomic mass is 9.98. The van der Waals surface area contributed by atoms with E-state index >= 15 is 0 Å². The van der Waals surface area contributed by atoms with Crippen LogP contribution in [-0.2, 0) is 4.74 Å². The first-order valence-corrected chi connectivity index (χ1v) is 16.9. The molecule has 2 aliphatic heterocycles. The third-order valence-corrected chi connectivity index (χ3v) is 9.54. The number of anilines is 2. The molecule has 0 atom stereocenters. The van der Waals surface area contributed by atoms with Crippen molar-refractivity contribution in [3.63, 3.8) is 0 Å². The minimum Gasteiger partial charge on any atom is -0.477 e. The van der Waals surface area contributed by atoms with E-state index in [2.05, 4.69) is 29.6 Å². The number of carboxylic acid groups (broad SMARTS) is 2. The third kappa shape index (κ3) is 7.86. The van der Waals surface area contributed by atoms with Crippen LogP contribution in [0.2, 0.25) is 0 Å². The normalized spacial score (nSPS) is 15.1. The number of rotatable bonds is 8. The van der Waals surface area contributed by atoms with Gasteiger partial charge >= 0.3 is 18.0 Å². The van der Waals surface area contributed by atoms with Crippen molar-refractivity contribution in [3.05, 3.63) is 127 Å². The molecule has 1 amide bonds. The van der Waals surface area contributed by atoms with Crippen LogP contribution >= 0.6 is 0 Å². The number of piperazine rings is 2. The van der Waals surface area contributed by atoms with E-state index in [1.807, 2.05) is 34.1 Å². The van der Waals surface area contributed by atoms with Crippen molar-refractivity contribution < 1.29 is 39.2 Å². The molecule has 0 bridgehead atoms. The Labute approximate surface area is 303 Å². The lowest BCUT2D eigenvalue weighted by Crippen LogP contribution is -2.49. The van der Waals surface area contributed by atoms with Crippen molar-refractivity contribution in [1.29, 1.82) is 0 Å². The Morgan fingerprint density at radius 2 is 1.13 bits per heavy atom. The van der Waals surface area contributed by atoms with Crippen LogP contribution in [0.1, 0.15) is 37.8 Å². The van der Waals surface area contributed by atoms with Gasteiger partial charge < -0.3 is 35.0 Å². The molecule has 4 aromatic rings. The first-order valence-electron chi connectivity index (χ1n) is 16.9. The number of carbonyl (C=O) groups is 3. The third-order valence-electron chi connectivity index (χ3n) is 9.54. The van der Waals surface area contributed by atoms with Crippen LogP contribution in [0.15, 0.2) is 84.9 Å². The highest BCUT2D eigenvalue weighted by Gasteiger charge is 2.31. The summed E-state index contributed by atoms with van der Waals surface area (Å²) >= 11 is 0. The van der Waals surface area contributed by atoms with Gasteiger partial charge in [0.1, 0.15) is 17.7 Å². The van der Waals surface area contributed by atoms with Gasteiger partial charge in [-0.05, 0) is 46.5 Å². The van der Waals surface area contributed by atoms with Crippen molar-refractivity contribution >= 4 is 40.8 Å². The second kappa shape index (κ2) is 15.8. The topological polar surface area (TPSA) is 209 Å². The number of nitro benzene ring substituents is 2. The molecule has 3 N–H and O–H groups in total. The fourth-order valence-corrected chi connectivity index (χ4v) is 6.86. The zero-order valence-electron chi connectivity index (χ0n) is 28.4. The Morgan fingerprint density at radius 1 is 0.679 bits per heavy atom. The number of amides is 1. The molecule has 4 aromatic carbocycles. The van der Waals surface area contributed by atoms with E-state index in [4.69, 9.17) is 9.84 Å². The lowest BCUT2D eigenvalue weighted by molar-refractivity contribution is -0.385. The summed E-state index contributed by atoms with van der Waals surface area (Å²) in [5.41, 5.74) is 4.47.